The van der Waals surface area contributed by atoms with Crippen LogP contribution in [0.2, 0.25) is 0 Å². The van der Waals surface area contributed by atoms with Crippen molar-refractivity contribution in [3.05, 3.63) is 59.9 Å². The van der Waals surface area contributed by atoms with E-state index in [9.17, 15) is 9.59 Å². The quantitative estimate of drug-likeness (QED) is 0.681. The first-order valence-electron chi connectivity index (χ1n) is 10.1. The van der Waals surface area contributed by atoms with Crippen LogP contribution in [0.1, 0.15) is 16.2 Å². The predicted molar refractivity (Wildman–Crippen MR) is 115 cm³/mol. The molecule has 2 heterocycles. The molecule has 4 rings (SSSR count). The highest BCUT2D eigenvalue weighted by atomic mass is 16.5. The molecule has 0 radical (unpaired) electrons. The number of anilines is 1. The zero-order valence-electron chi connectivity index (χ0n) is 16.9. The van der Waals surface area contributed by atoms with Gasteiger partial charge in [0.25, 0.3) is 5.91 Å². The average Bonchev–Trinajstić information content (AvgIpc) is 3.09. The number of hydrogen-bond acceptors (Lipinski definition) is 4. The lowest BCUT2D eigenvalue weighted by Crippen LogP contribution is -2.40. The van der Waals surface area contributed by atoms with Crippen molar-refractivity contribution in [1.29, 1.82) is 0 Å². The van der Waals surface area contributed by atoms with Crippen LogP contribution < -0.4 is 10.6 Å². The van der Waals surface area contributed by atoms with E-state index in [0.29, 0.717) is 50.6 Å². The molecule has 1 aliphatic rings. The Hall–Kier alpha value is -3.39. The molecule has 3 amide bonds. The number of morpholine rings is 1. The fourth-order valence-corrected chi connectivity index (χ4v) is 3.58. The van der Waals surface area contributed by atoms with Gasteiger partial charge < -0.3 is 24.8 Å². The highest BCUT2D eigenvalue weighted by Crippen LogP contribution is 2.15. The van der Waals surface area contributed by atoms with E-state index < -0.39 is 0 Å². The number of benzene rings is 2. The van der Waals surface area contributed by atoms with Crippen LogP contribution >= 0.6 is 0 Å². The highest BCUT2D eigenvalue weighted by Gasteiger charge is 2.18. The molecule has 8 nitrogen and oxygen atoms in total. The molecule has 2 N–H and O–H groups in total. The molecular weight excluding hydrogens is 382 g/mol. The molecule has 1 saturated heterocycles. The molecular formula is C22H25N5O3. The smallest absolute Gasteiger partial charge is 0.319 e. The van der Waals surface area contributed by atoms with Gasteiger partial charge in [-0.3, -0.25) is 4.79 Å². The Balaban J connectivity index is 1.28. The molecule has 3 aromatic rings. The van der Waals surface area contributed by atoms with Gasteiger partial charge in [-0.2, -0.15) is 0 Å². The molecule has 1 aromatic heterocycles. The van der Waals surface area contributed by atoms with Crippen molar-refractivity contribution in [3.63, 3.8) is 0 Å². The normalized spacial score (nSPS) is 14.0. The summed E-state index contributed by atoms with van der Waals surface area (Å²) in [5, 5.41) is 5.66. The summed E-state index contributed by atoms with van der Waals surface area (Å²) in [7, 11) is 0. The van der Waals surface area contributed by atoms with Gasteiger partial charge in [-0.15, -0.1) is 0 Å². The van der Waals surface area contributed by atoms with Crippen LogP contribution in [0.15, 0.2) is 48.5 Å². The van der Waals surface area contributed by atoms with Crippen molar-refractivity contribution in [2.75, 3.05) is 38.2 Å². The second-order valence-electron chi connectivity index (χ2n) is 7.16. The van der Waals surface area contributed by atoms with E-state index in [1.165, 1.54) is 0 Å². The minimum absolute atomic E-state index is 0.0165. The monoisotopic (exact) mass is 407 g/mol. The maximum atomic E-state index is 12.5. The Bertz CT molecular complexity index is 1040. The van der Waals surface area contributed by atoms with Crippen LogP contribution in [0.5, 0.6) is 0 Å². The number of hydrogen-bond donors (Lipinski definition) is 2. The molecule has 0 saturated carbocycles. The van der Waals surface area contributed by atoms with Gasteiger partial charge in [0.05, 0.1) is 24.2 Å². The van der Waals surface area contributed by atoms with Crippen molar-refractivity contribution in [2.45, 2.75) is 13.5 Å². The molecule has 1 fully saturated rings. The maximum Gasteiger partial charge on any atom is 0.319 e. The SMILES string of the molecule is Cc1nc2ccccc2n1CCNC(=O)Nc1ccc(C(=O)N2CCOCC2)cc1. The van der Waals surface area contributed by atoms with Gasteiger partial charge in [0.15, 0.2) is 0 Å². The van der Waals surface area contributed by atoms with E-state index >= 15 is 0 Å². The first-order chi connectivity index (χ1) is 14.6. The maximum absolute atomic E-state index is 12.5. The molecule has 0 atom stereocenters. The second-order valence-corrected chi connectivity index (χ2v) is 7.16. The van der Waals surface area contributed by atoms with Gasteiger partial charge >= 0.3 is 6.03 Å². The number of carbonyl (C=O) groups excluding carboxylic acids is 2. The van der Waals surface area contributed by atoms with Gasteiger partial charge in [-0.1, -0.05) is 12.1 Å². The van der Waals surface area contributed by atoms with E-state index in [1.807, 2.05) is 31.2 Å². The first-order valence-corrected chi connectivity index (χ1v) is 10.1. The van der Waals surface area contributed by atoms with Crippen LogP contribution in [-0.4, -0.2) is 59.2 Å². The lowest BCUT2D eigenvalue weighted by molar-refractivity contribution is 0.0303. The molecule has 0 spiro atoms. The topological polar surface area (TPSA) is 88.5 Å². The number of aryl methyl sites for hydroxylation is 1. The molecule has 0 aliphatic carbocycles. The van der Waals surface area contributed by atoms with E-state index in [2.05, 4.69) is 20.2 Å². The molecule has 0 unspecified atom stereocenters. The van der Waals surface area contributed by atoms with E-state index in [0.717, 1.165) is 16.9 Å². The van der Waals surface area contributed by atoms with E-state index in [4.69, 9.17) is 4.74 Å². The number of ether oxygens (including phenoxy) is 1. The van der Waals surface area contributed by atoms with Gasteiger partial charge in [0.1, 0.15) is 5.82 Å². The van der Waals surface area contributed by atoms with Gasteiger partial charge in [-0.25, -0.2) is 9.78 Å². The third-order valence-corrected chi connectivity index (χ3v) is 5.15. The molecule has 0 bridgehead atoms. The number of nitrogens with zero attached hydrogens (tertiary/aromatic N) is 3. The third kappa shape index (κ3) is 4.44. The molecule has 2 aromatic carbocycles. The molecule has 8 heteroatoms. The standard InChI is InChI=1S/C22H25N5O3/c1-16-24-19-4-2-3-5-20(19)27(16)11-10-23-22(29)25-18-8-6-17(7-9-18)21(28)26-12-14-30-15-13-26/h2-9H,10-15H2,1H3,(H2,23,25,29). The van der Waals surface area contributed by atoms with Crippen molar-refractivity contribution in [3.8, 4) is 0 Å². The molecule has 1 aliphatic heterocycles. The minimum atomic E-state index is -0.288. The lowest BCUT2D eigenvalue weighted by atomic mass is 10.1. The minimum Gasteiger partial charge on any atom is -0.378 e. The number of fused-ring (bicyclic) bond motifs is 1. The Kier molecular flexibility index (Phi) is 5.94. The summed E-state index contributed by atoms with van der Waals surface area (Å²) in [6, 6.07) is 14.6. The number of rotatable bonds is 5. The summed E-state index contributed by atoms with van der Waals surface area (Å²) >= 11 is 0. The Morgan fingerprint density at radius 1 is 1.07 bits per heavy atom. The number of nitrogens with one attached hydrogen (secondary N) is 2. The van der Waals surface area contributed by atoms with Crippen molar-refractivity contribution >= 4 is 28.7 Å². The van der Waals surface area contributed by atoms with Crippen molar-refractivity contribution in [2.24, 2.45) is 0 Å². The first kappa shape index (κ1) is 19.9. The van der Waals surface area contributed by atoms with Crippen molar-refractivity contribution in [1.82, 2.24) is 19.8 Å². The predicted octanol–water partition coefficient (Wildman–Crippen LogP) is 2.64. The van der Waals surface area contributed by atoms with Crippen molar-refractivity contribution < 1.29 is 14.3 Å². The van der Waals surface area contributed by atoms with Gasteiger partial charge in [-0.05, 0) is 43.3 Å². The largest absolute Gasteiger partial charge is 0.378 e. The van der Waals surface area contributed by atoms with Crippen LogP contribution in [0, 0.1) is 6.92 Å². The Labute approximate surface area is 174 Å². The fraction of sp³-hybridized carbons (Fsp3) is 0.318. The lowest BCUT2D eigenvalue weighted by Gasteiger charge is -2.26. The van der Waals surface area contributed by atoms with E-state index in [1.54, 1.807) is 29.2 Å². The second kappa shape index (κ2) is 8.96. The summed E-state index contributed by atoms with van der Waals surface area (Å²) < 4.78 is 7.36. The van der Waals surface area contributed by atoms with Crippen LogP contribution in [0.3, 0.4) is 0 Å². The zero-order chi connectivity index (χ0) is 20.9. The number of para-hydroxylation sites is 2. The Morgan fingerprint density at radius 2 is 1.80 bits per heavy atom. The summed E-state index contributed by atoms with van der Waals surface area (Å²) in [4.78, 5) is 31.0. The van der Waals surface area contributed by atoms with Gasteiger partial charge in [0.2, 0.25) is 0 Å². The summed E-state index contributed by atoms with van der Waals surface area (Å²) in [5.41, 5.74) is 3.24. The van der Waals surface area contributed by atoms with Crippen LogP contribution in [0.25, 0.3) is 11.0 Å². The molecule has 156 valence electrons. The fourth-order valence-electron chi connectivity index (χ4n) is 3.58. The average molecular weight is 407 g/mol. The number of carbonyl (C=O) groups is 2. The van der Waals surface area contributed by atoms with Gasteiger partial charge in [0, 0.05) is 37.4 Å². The third-order valence-electron chi connectivity index (χ3n) is 5.15. The number of imidazole rings is 1. The number of aromatic nitrogens is 2. The van der Waals surface area contributed by atoms with E-state index in [-0.39, 0.29) is 11.9 Å². The Morgan fingerprint density at radius 3 is 2.57 bits per heavy atom. The van der Waals surface area contributed by atoms with Crippen LogP contribution in [-0.2, 0) is 11.3 Å². The summed E-state index contributed by atoms with van der Waals surface area (Å²) in [5.74, 6) is 0.899. The number of urea groups is 1. The zero-order valence-corrected chi connectivity index (χ0v) is 16.9. The highest BCUT2D eigenvalue weighted by molar-refractivity contribution is 5.95. The molecule has 30 heavy (non-hydrogen) atoms. The summed E-state index contributed by atoms with van der Waals surface area (Å²) in [6.45, 7) is 5.41. The number of amides is 3. The van der Waals surface area contributed by atoms with Crippen LogP contribution in [0.4, 0.5) is 10.5 Å². The summed E-state index contributed by atoms with van der Waals surface area (Å²) in [6.07, 6.45) is 0.